The molecule has 59 nitrogen and oxygen atoms in total. The van der Waals surface area contributed by atoms with Gasteiger partial charge in [-0.1, -0.05) is 0 Å². The van der Waals surface area contributed by atoms with Crippen LogP contribution in [0.4, 0.5) is 0 Å². The Morgan fingerprint density at radius 2 is 0.545 bits per heavy atom. The number of carbonyl (C=O) groups excluding carboxylic acids is 6. The van der Waals surface area contributed by atoms with Crippen LogP contribution in [0.15, 0.2) is 0 Å². The van der Waals surface area contributed by atoms with Crippen LogP contribution in [0, 0.1) is 0 Å². The van der Waals surface area contributed by atoms with E-state index < -0.39 is 412 Å². The average molecular weight is 1950 g/mol. The number of rotatable bonds is 35. The van der Waals surface area contributed by atoms with E-state index in [1.807, 2.05) is 0 Å². The van der Waals surface area contributed by atoms with Crippen LogP contribution < -0.4 is 31.9 Å². The summed E-state index contributed by atoms with van der Waals surface area (Å²) in [5, 5.41) is 288. The van der Waals surface area contributed by atoms with Gasteiger partial charge in [-0.15, -0.1) is 0 Å². The van der Waals surface area contributed by atoms with Crippen molar-refractivity contribution in [3.63, 3.8) is 0 Å². The molecule has 0 radical (unpaired) electrons. The number of hydrogen-bond donors (Lipinski definition) is 31. The molecule has 132 heavy (non-hydrogen) atoms. The molecular weight excluding hydrogens is 1830 g/mol. The third kappa shape index (κ3) is 25.6. The van der Waals surface area contributed by atoms with Gasteiger partial charge in [-0.25, -0.2) is 4.18 Å². The Balaban J connectivity index is 1.06. The first-order valence-corrected chi connectivity index (χ1v) is 43.0. The Morgan fingerprint density at radius 1 is 0.250 bits per heavy atom. The second-order valence-corrected chi connectivity index (χ2v) is 34.1. The number of aliphatic hydroxyl groups is 24. The van der Waals surface area contributed by atoms with Gasteiger partial charge in [0.05, 0.1) is 65.6 Å². The monoisotopic (exact) mass is 1950 g/mol. The van der Waals surface area contributed by atoms with E-state index >= 15 is 0 Å². The molecule has 10 heterocycles. The fourth-order valence-corrected chi connectivity index (χ4v) is 16.9. The number of nitrogens with one attached hydrogen (secondary N) is 6. The highest BCUT2D eigenvalue weighted by molar-refractivity contribution is 7.80. The van der Waals surface area contributed by atoms with Crippen molar-refractivity contribution < 1.29 is 258 Å². The molecule has 0 saturated carbocycles. The average Bonchev–Trinajstić information content (AvgIpc) is 0.747. The minimum Gasteiger partial charge on any atom is -0.394 e. The summed E-state index contributed by atoms with van der Waals surface area (Å²) in [6, 6.07) is -11.5. The Morgan fingerprint density at radius 3 is 0.992 bits per heavy atom. The zero-order valence-corrected chi connectivity index (χ0v) is 72.1. The zero-order chi connectivity index (χ0) is 97.6. The van der Waals surface area contributed by atoms with E-state index in [0.29, 0.717) is 0 Å². The van der Waals surface area contributed by atoms with Gasteiger partial charge < -0.3 is 244 Å². The Hall–Kier alpha value is -5.03. The van der Waals surface area contributed by atoms with Crippen LogP contribution in [0.1, 0.15) is 48.5 Å². The normalized spacial score (nSPS) is 46.8. The lowest BCUT2D eigenvalue weighted by Gasteiger charge is -2.52. The Labute approximate surface area is 748 Å². The van der Waals surface area contributed by atoms with Crippen LogP contribution in [-0.2, 0) is 133 Å². The first kappa shape index (κ1) is 109. The molecular formula is C72H120N6O53S. The lowest BCUT2D eigenvalue weighted by Crippen LogP contribution is -2.71. The molecule has 10 aliphatic rings. The van der Waals surface area contributed by atoms with Gasteiger partial charge in [-0.3, -0.25) is 33.3 Å². The van der Waals surface area contributed by atoms with Crippen molar-refractivity contribution in [1.82, 2.24) is 31.9 Å². The summed E-state index contributed by atoms with van der Waals surface area (Å²) in [7, 11) is -5.37. The molecule has 0 aromatic heterocycles. The predicted octanol–water partition coefficient (Wildman–Crippen LogP) is -21.1. The summed E-state index contributed by atoms with van der Waals surface area (Å²) >= 11 is 0. The molecule has 0 spiro atoms. The van der Waals surface area contributed by atoms with Crippen molar-refractivity contribution in [3.05, 3.63) is 0 Å². The fourth-order valence-electron chi connectivity index (χ4n) is 16.6. The maximum atomic E-state index is 13.4. The number of ether oxygens (including phenoxy) is 19. The van der Waals surface area contributed by atoms with Gasteiger partial charge in [0.25, 0.3) is 0 Å². The summed E-state index contributed by atoms with van der Waals surface area (Å²) in [4.78, 5) is 76.9. The molecule has 10 saturated heterocycles. The largest absolute Gasteiger partial charge is 0.397 e. The lowest BCUT2D eigenvalue weighted by atomic mass is 9.93. The molecule has 50 atom stereocenters. The van der Waals surface area contributed by atoms with E-state index in [2.05, 4.69) is 36.1 Å². The maximum Gasteiger partial charge on any atom is 0.397 e. The third-order valence-corrected chi connectivity index (χ3v) is 23.8. The van der Waals surface area contributed by atoms with Crippen molar-refractivity contribution >= 4 is 45.8 Å². The van der Waals surface area contributed by atoms with Crippen LogP contribution in [0.25, 0.3) is 0 Å². The summed E-state index contributed by atoms with van der Waals surface area (Å²) in [5.41, 5.74) is 0. The molecule has 0 aliphatic carbocycles. The van der Waals surface area contributed by atoms with Gasteiger partial charge in [0.2, 0.25) is 35.4 Å². The maximum absolute atomic E-state index is 13.4. The molecule has 762 valence electrons. The van der Waals surface area contributed by atoms with E-state index in [9.17, 15) is 164 Å². The van der Waals surface area contributed by atoms with Crippen LogP contribution in [-0.4, -0.2) is 537 Å². The summed E-state index contributed by atoms with van der Waals surface area (Å²) in [6.45, 7) is -3.69. The highest BCUT2D eigenvalue weighted by Crippen LogP contribution is 2.41. The van der Waals surface area contributed by atoms with Crippen LogP contribution in [0.2, 0.25) is 0 Å². The molecule has 10 aliphatic heterocycles. The number of carbonyl (C=O) groups is 6. The topological polar surface area (TPSA) is 899 Å². The van der Waals surface area contributed by atoms with Crippen LogP contribution in [0.3, 0.4) is 0 Å². The first-order valence-electron chi connectivity index (χ1n) is 41.6. The third-order valence-electron chi connectivity index (χ3n) is 23.4. The second-order valence-electron chi connectivity index (χ2n) is 33.0. The standard InChI is InChI=1S/C72H120N6O53S/c1-17-39(90)52(103)54(105)69(116-17)113-15-32-59(50(101)33(63(108)117-32)73-18(2)84)127-68-38(78-23(7)89)51(102)57(27(11-82)121-68)128-70-56(107)60(129-72-62(131-66-36(76-21(5)87)48(99)42(93)26(10-81)120-66)55(106)58(28(12-83)122-72)126-67-37(77-22(6)88)49(100)43(94)31(123-67)16-115-132(109,110)111)45(96)30(124-70)14-114-71-61(130-65-35(75-20(4)86)47(98)41(92)25(9-80)119-65)53(104)44(95)29(125-71)13-112-64-34(74-19(3)85)46(97)40(91)24(8-79)118-64/h17,24-72,79-83,90-108H,8-16H2,1-7H3,(H,73,84)(H,74,85)(H,75,86)(H,76,87)(H,77,88)(H,78,89)(H,109,110,111)/t17-,24+,25+,26+,27+,28+,29+,30+,31+,32+,33+,34+,35+,36+,37+,38+,39+,40+,41+,42+,43+,44+,45+,46+,47+,48+,49+,50+,51+,52-,53-,54-,55-,56-,57+,58+,59+,60-,61-,62-,63+,64+,65-,66-,67-,68-,69+,70-,71-,72+/m0/s1. The van der Waals surface area contributed by atoms with E-state index in [1.165, 1.54) is 6.92 Å². The Bertz CT molecular complexity index is 3840. The van der Waals surface area contributed by atoms with E-state index in [4.69, 9.17) is 90.0 Å². The van der Waals surface area contributed by atoms with Crippen molar-refractivity contribution in [2.75, 3.05) is 59.5 Å². The summed E-state index contributed by atoms with van der Waals surface area (Å²) in [5.74, 6) is -5.67. The van der Waals surface area contributed by atoms with E-state index in [-0.39, 0.29) is 0 Å². The molecule has 10 fully saturated rings. The molecule has 6 amide bonds. The lowest BCUT2D eigenvalue weighted by molar-refractivity contribution is -0.403. The second kappa shape index (κ2) is 47.3. The predicted molar refractivity (Wildman–Crippen MR) is 408 cm³/mol. The Kier molecular flexibility index (Phi) is 39.0. The number of amides is 6. The SMILES string of the molecule is CC(=O)N[C@@H]1[C@@H](O)[C@H](O[C@@H]2O[C@H](CO)[C@@H](O[C@@H]3O[C@H](CO[C@H]4O[C@H](CO[C@@H]5O[C@H](CO)[C@@H](O)[C@H](O)[C@H]5NC(C)=O)[C@@H](O)[C@H](O)[C@@H]4O[C@@H]4O[C@H](CO)[C@@H](O)[C@H](O)[C@H]4NC(C)=O)[C@@H](O)[C@H](O[C@H]4O[C@H](CO)[C@@H](O[C@@H]5O[C@H](COS(=O)(=O)O)[C@@H](O)[C@H](O)[C@H]5NC(C)=O)[C@H](O)[C@@H]4O[C@@H]4O[C@H](CO)[C@@H](O)[C@H](O)[C@H]4NC(C)=O)[C@@H]3O)[C@H](O)[C@H]2NC(C)=O)[C@@H](CO[C@@H]2O[C@@H](C)[C@@H](O)[C@H](O)[C@@H]2O)O[C@H]1O. The smallest absolute Gasteiger partial charge is 0.394 e. The molecule has 0 bridgehead atoms. The van der Waals surface area contributed by atoms with Gasteiger partial charge in [0, 0.05) is 41.5 Å². The van der Waals surface area contributed by atoms with Crippen LogP contribution >= 0.6 is 0 Å². The first-order chi connectivity index (χ1) is 62.1. The van der Waals surface area contributed by atoms with Crippen molar-refractivity contribution in [2.24, 2.45) is 0 Å². The zero-order valence-electron chi connectivity index (χ0n) is 71.3. The number of hydrogen-bond acceptors (Lipinski definition) is 52. The minimum atomic E-state index is -5.37. The minimum absolute atomic E-state index is 0.838. The van der Waals surface area contributed by atoms with Gasteiger partial charge in [0.1, 0.15) is 238 Å². The number of aliphatic hydroxyl groups excluding tert-OH is 24. The summed E-state index contributed by atoms with van der Waals surface area (Å²) in [6.07, 6.45) is -95.2. The molecule has 0 unspecified atom stereocenters. The van der Waals surface area contributed by atoms with Crippen molar-refractivity contribution in [1.29, 1.82) is 0 Å². The highest BCUT2D eigenvalue weighted by Gasteiger charge is 2.62. The van der Waals surface area contributed by atoms with Gasteiger partial charge in [-0.05, 0) is 6.92 Å². The highest BCUT2D eigenvalue weighted by atomic mass is 32.3. The molecule has 31 N–H and O–H groups in total. The van der Waals surface area contributed by atoms with Crippen molar-refractivity contribution in [3.8, 4) is 0 Å². The van der Waals surface area contributed by atoms with Gasteiger partial charge in [0.15, 0.2) is 62.9 Å². The van der Waals surface area contributed by atoms with E-state index in [0.717, 1.165) is 41.5 Å². The molecule has 60 heteroatoms. The molecule has 0 aromatic carbocycles. The molecule has 10 rings (SSSR count). The van der Waals surface area contributed by atoms with Gasteiger partial charge in [-0.2, -0.15) is 8.42 Å². The molecule has 0 aromatic rings. The van der Waals surface area contributed by atoms with Crippen molar-refractivity contribution in [2.45, 2.75) is 355 Å². The quantitative estimate of drug-likeness (QED) is 0.0262. The van der Waals surface area contributed by atoms with Gasteiger partial charge >= 0.3 is 10.4 Å². The van der Waals surface area contributed by atoms with Crippen LogP contribution in [0.5, 0.6) is 0 Å². The fraction of sp³-hybridized carbons (Fsp3) is 0.917. The van der Waals surface area contributed by atoms with E-state index in [1.54, 1.807) is 0 Å². The summed E-state index contributed by atoms with van der Waals surface area (Å²) < 4.78 is 152.